The second-order valence-electron chi connectivity index (χ2n) is 4.56. The molecule has 1 fully saturated rings. The van der Waals surface area contributed by atoms with Gasteiger partial charge < -0.3 is 5.73 Å². The Morgan fingerprint density at radius 1 is 1.40 bits per heavy atom. The largest absolute Gasteiger partial charge is 0.327 e. The van der Waals surface area contributed by atoms with E-state index in [2.05, 4.69) is 6.92 Å². The molecule has 0 aromatic heterocycles. The van der Waals surface area contributed by atoms with Gasteiger partial charge in [-0.05, 0) is 55.4 Å². The van der Waals surface area contributed by atoms with Crippen LogP contribution in [0.1, 0.15) is 25.3 Å². The summed E-state index contributed by atoms with van der Waals surface area (Å²) in [7, 11) is 0. The molecule has 0 aliphatic heterocycles. The topological polar surface area (TPSA) is 26.0 Å². The van der Waals surface area contributed by atoms with Crippen molar-refractivity contribution in [1.82, 2.24) is 0 Å². The first-order chi connectivity index (χ1) is 7.03. The van der Waals surface area contributed by atoms with Gasteiger partial charge in [-0.2, -0.15) is 0 Å². The third-order valence-electron chi connectivity index (χ3n) is 3.41. The van der Waals surface area contributed by atoms with E-state index in [0.717, 1.165) is 22.0 Å². The summed E-state index contributed by atoms with van der Waals surface area (Å²) in [4.78, 5) is 0. The van der Waals surface area contributed by atoms with Gasteiger partial charge in [-0.1, -0.05) is 23.2 Å². The summed E-state index contributed by atoms with van der Waals surface area (Å²) >= 11 is 12.1. The van der Waals surface area contributed by atoms with Gasteiger partial charge >= 0.3 is 0 Å². The van der Waals surface area contributed by atoms with E-state index in [-0.39, 0.29) is 11.5 Å². The van der Waals surface area contributed by atoms with Crippen molar-refractivity contribution in [2.24, 2.45) is 11.1 Å². The average Bonchev–Trinajstić information content (AvgIpc) is 2.92. The van der Waals surface area contributed by atoms with Crippen molar-refractivity contribution < 1.29 is 0 Å². The molecule has 2 rings (SSSR count). The van der Waals surface area contributed by atoms with Crippen LogP contribution in [0.25, 0.3) is 0 Å². The number of nitrogens with two attached hydrogens (primary N) is 1. The first-order valence-electron chi connectivity index (χ1n) is 5.23. The Kier molecular flexibility index (Phi) is 2.98. The molecule has 1 unspecified atom stereocenters. The predicted molar refractivity (Wildman–Crippen MR) is 65.5 cm³/mol. The molecule has 3 heteroatoms. The third kappa shape index (κ3) is 2.30. The van der Waals surface area contributed by atoms with Crippen LogP contribution in [0, 0.1) is 5.41 Å². The molecule has 0 bridgehead atoms. The van der Waals surface area contributed by atoms with Crippen LogP contribution >= 0.6 is 23.2 Å². The number of benzene rings is 1. The van der Waals surface area contributed by atoms with Crippen LogP contribution in [-0.4, -0.2) is 6.04 Å². The Morgan fingerprint density at radius 2 is 2.07 bits per heavy atom. The summed E-state index contributed by atoms with van der Waals surface area (Å²) in [5.41, 5.74) is 7.39. The van der Waals surface area contributed by atoms with Crippen molar-refractivity contribution in [2.75, 3.05) is 0 Å². The molecule has 2 N–H and O–H groups in total. The Bertz CT molecular complexity index is 370. The average molecular weight is 244 g/mol. The highest BCUT2D eigenvalue weighted by molar-refractivity contribution is 6.33. The van der Waals surface area contributed by atoms with Gasteiger partial charge in [0, 0.05) is 16.1 Å². The molecule has 0 spiro atoms. The first-order valence-corrected chi connectivity index (χ1v) is 5.99. The zero-order chi connectivity index (χ0) is 11.1. The van der Waals surface area contributed by atoms with Gasteiger partial charge in [-0.3, -0.25) is 0 Å². The minimum atomic E-state index is 0.229. The lowest BCUT2D eigenvalue weighted by Gasteiger charge is -2.20. The van der Waals surface area contributed by atoms with Crippen LogP contribution in [0.15, 0.2) is 18.2 Å². The van der Waals surface area contributed by atoms with E-state index in [4.69, 9.17) is 28.9 Å². The second-order valence-corrected chi connectivity index (χ2v) is 5.41. The minimum Gasteiger partial charge on any atom is -0.327 e. The number of rotatable bonds is 3. The molecule has 0 amide bonds. The summed E-state index contributed by atoms with van der Waals surface area (Å²) < 4.78 is 0. The van der Waals surface area contributed by atoms with Gasteiger partial charge in [-0.25, -0.2) is 0 Å². The van der Waals surface area contributed by atoms with Gasteiger partial charge in [0.15, 0.2) is 0 Å². The van der Waals surface area contributed by atoms with Gasteiger partial charge in [0.05, 0.1) is 0 Å². The molecule has 0 saturated heterocycles. The van der Waals surface area contributed by atoms with E-state index >= 15 is 0 Å². The summed E-state index contributed by atoms with van der Waals surface area (Å²) in [6.45, 7) is 2.07. The van der Waals surface area contributed by atoms with Crippen LogP contribution < -0.4 is 5.73 Å². The van der Waals surface area contributed by atoms with Gasteiger partial charge in [0.2, 0.25) is 0 Å². The molecule has 1 aliphatic carbocycles. The molecular formula is C12H15Cl2N. The molecule has 1 aromatic rings. The number of hydrogen-bond donors (Lipinski definition) is 1. The van der Waals surface area contributed by atoms with Crippen molar-refractivity contribution in [2.45, 2.75) is 32.2 Å². The molecule has 15 heavy (non-hydrogen) atoms. The predicted octanol–water partition coefficient (Wildman–Crippen LogP) is 3.66. The van der Waals surface area contributed by atoms with E-state index < -0.39 is 0 Å². The van der Waals surface area contributed by atoms with E-state index in [0.29, 0.717) is 0 Å². The lowest BCUT2D eigenvalue weighted by atomic mass is 9.90. The maximum atomic E-state index is 6.14. The van der Waals surface area contributed by atoms with Crippen LogP contribution in [0.4, 0.5) is 0 Å². The molecule has 82 valence electrons. The zero-order valence-corrected chi connectivity index (χ0v) is 10.3. The standard InChI is InChI=1S/C12H15Cl2N/c1-8(15)12(4-5-12)7-9-6-10(13)2-3-11(9)14/h2-3,6,8H,4-5,7,15H2,1H3. The summed E-state index contributed by atoms with van der Waals surface area (Å²) in [5, 5.41) is 1.54. The van der Waals surface area contributed by atoms with E-state index in [1.807, 2.05) is 18.2 Å². The Labute approximate surface area is 101 Å². The number of hydrogen-bond acceptors (Lipinski definition) is 1. The molecule has 1 nitrogen and oxygen atoms in total. The lowest BCUT2D eigenvalue weighted by molar-refractivity contribution is 0.419. The van der Waals surface area contributed by atoms with Crippen molar-refractivity contribution in [3.63, 3.8) is 0 Å². The zero-order valence-electron chi connectivity index (χ0n) is 8.76. The highest BCUT2D eigenvalue weighted by atomic mass is 35.5. The smallest absolute Gasteiger partial charge is 0.0439 e. The SMILES string of the molecule is CC(N)C1(Cc2cc(Cl)ccc2Cl)CC1. The molecule has 1 atom stereocenters. The van der Waals surface area contributed by atoms with E-state index in [9.17, 15) is 0 Å². The Hall–Kier alpha value is -0.240. The second kappa shape index (κ2) is 3.97. The fourth-order valence-corrected chi connectivity index (χ4v) is 2.39. The quantitative estimate of drug-likeness (QED) is 0.862. The van der Waals surface area contributed by atoms with Crippen molar-refractivity contribution in [3.8, 4) is 0 Å². The van der Waals surface area contributed by atoms with Crippen molar-refractivity contribution in [1.29, 1.82) is 0 Å². The highest BCUT2D eigenvalue weighted by Crippen LogP contribution is 2.51. The molecule has 0 radical (unpaired) electrons. The summed E-state index contributed by atoms with van der Waals surface area (Å²) in [6.07, 6.45) is 3.35. The summed E-state index contributed by atoms with van der Waals surface area (Å²) in [6, 6.07) is 5.86. The fourth-order valence-electron chi connectivity index (χ4n) is 2.01. The maximum absolute atomic E-state index is 6.14. The molecule has 1 aromatic carbocycles. The van der Waals surface area contributed by atoms with E-state index in [1.165, 1.54) is 12.8 Å². The molecule has 1 saturated carbocycles. The highest BCUT2D eigenvalue weighted by Gasteiger charge is 2.45. The lowest BCUT2D eigenvalue weighted by Crippen LogP contribution is -2.29. The monoisotopic (exact) mass is 243 g/mol. The van der Waals surface area contributed by atoms with E-state index in [1.54, 1.807) is 0 Å². The Balaban J connectivity index is 2.21. The van der Waals surface area contributed by atoms with Gasteiger partial charge in [0.25, 0.3) is 0 Å². The number of halogens is 2. The van der Waals surface area contributed by atoms with Crippen LogP contribution in [-0.2, 0) is 6.42 Å². The Morgan fingerprint density at radius 3 is 2.60 bits per heavy atom. The van der Waals surface area contributed by atoms with Crippen molar-refractivity contribution in [3.05, 3.63) is 33.8 Å². The summed E-state index contributed by atoms with van der Waals surface area (Å²) in [5.74, 6) is 0. The third-order valence-corrected chi connectivity index (χ3v) is 4.01. The van der Waals surface area contributed by atoms with Crippen LogP contribution in [0.2, 0.25) is 10.0 Å². The molecule has 0 heterocycles. The molecular weight excluding hydrogens is 229 g/mol. The molecule has 1 aliphatic rings. The van der Waals surface area contributed by atoms with Crippen molar-refractivity contribution >= 4 is 23.2 Å². The van der Waals surface area contributed by atoms with Crippen LogP contribution in [0.3, 0.4) is 0 Å². The normalized spacial score (nSPS) is 20.0. The van der Waals surface area contributed by atoms with Gasteiger partial charge in [0.1, 0.15) is 0 Å². The van der Waals surface area contributed by atoms with Gasteiger partial charge in [-0.15, -0.1) is 0 Å². The van der Waals surface area contributed by atoms with Crippen LogP contribution in [0.5, 0.6) is 0 Å². The first kappa shape index (κ1) is 11.3. The minimum absolute atomic E-state index is 0.229. The maximum Gasteiger partial charge on any atom is 0.0439 e. The fraction of sp³-hybridized carbons (Fsp3) is 0.500.